The van der Waals surface area contributed by atoms with E-state index in [0.29, 0.717) is 48.4 Å². The van der Waals surface area contributed by atoms with Crippen LogP contribution in [0.15, 0.2) is 42.5 Å². The number of rotatable bonds is 5. The lowest BCUT2D eigenvalue weighted by molar-refractivity contribution is -0.274. The van der Waals surface area contributed by atoms with Crippen LogP contribution in [0.2, 0.25) is 0 Å². The van der Waals surface area contributed by atoms with Gasteiger partial charge < -0.3 is 25.4 Å². The molecule has 3 N–H and O–H groups in total. The standard InChI is InChI=1S/C22H22F3N3O4/c23-22(24,25)32-15-6-4-13(5-7-15)12-27-20(29)19-16-2-1-3-17(26)18(16)21(30)28(19)14-8-10-31-11-9-14/h1-7,14,19H,8-12,26H2,(H,27,29). The fraction of sp³-hybridized carbons (Fsp3) is 0.364. The Labute approximate surface area is 182 Å². The van der Waals surface area contributed by atoms with Crippen LogP contribution in [0.4, 0.5) is 18.9 Å². The third-order valence-corrected chi connectivity index (χ3v) is 5.61. The molecular weight excluding hydrogens is 427 g/mol. The highest BCUT2D eigenvalue weighted by Crippen LogP contribution is 2.40. The minimum Gasteiger partial charge on any atom is -0.406 e. The van der Waals surface area contributed by atoms with Crippen molar-refractivity contribution in [3.05, 3.63) is 59.2 Å². The fourth-order valence-electron chi connectivity index (χ4n) is 4.16. The number of nitrogens with zero attached hydrogens (tertiary/aromatic N) is 1. The van der Waals surface area contributed by atoms with Crippen LogP contribution in [0, 0.1) is 0 Å². The summed E-state index contributed by atoms with van der Waals surface area (Å²) in [5, 5.41) is 2.79. The van der Waals surface area contributed by atoms with E-state index in [1.165, 1.54) is 24.3 Å². The molecule has 2 aromatic carbocycles. The highest BCUT2D eigenvalue weighted by atomic mass is 19.4. The van der Waals surface area contributed by atoms with Gasteiger partial charge in [0.15, 0.2) is 0 Å². The number of carbonyl (C=O) groups is 2. The van der Waals surface area contributed by atoms with Crippen molar-refractivity contribution in [2.75, 3.05) is 18.9 Å². The fourth-order valence-corrected chi connectivity index (χ4v) is 4.16. The van der Waals surface area contributed by atoms with Crippen LogP contribution in [-0.4, -0.2) is 42.3 Å². The minimum atomic E-state index is -4.77. The van der Waals surface area contributed by atoms with E-state index in [1.54, 1.807) is 23.1 Å². The van der Waals surface area contributed by atoms with Crippen molar-refractivity contribution < 1.29 is 32.2 Å². The normalized spacial score (nSPS) is 19.0. The van der Waals surface area contributed by atoms with Crippen LogP contribution in [0.25, 0.3) is 0 Å². The van der Waals surface area contributed by atoms with E-state index in [1.807, 2.05) is 0 Å². The van der Waals surface area contributed by atoms with Crippen LogP contribution in [-0.2, 0) is 16.1 Å². The van der Waals surface area contributed by atoms with Crippen molar-refractivity contribution in [1.82, 2.24) is 10.2 Å². The van der Waals surface area contributed by atoms with Gasteiger partial charge in [0.05, 0.1) is 5.56 Å². The molecule has 2 aromatic rings. The van der Waals surface area contributed by atoms with Crippen molar-refractivity contribution in [1.29, 1.82) is 0 Å². The highest BCUT2D eigenvalue weighted by Gasteiger charge is 2.45. The van der Waals surface area contributed by atoms with Gasteiger partial charge in [-0.3, -0.25) is 9.59 Å². The van der Waals surface area contributed by atoms with Gasteiger partial charge in [0.2, 0.25) is 5.91 Å². The van der Waals surface area contributed by atoms with Crippen LogP contribution in [0.3, 0.4) is 0 Å². The summed E-state index contributed by atoms with van der Waals surface area (Å²) in [6, 6.07) is 9.28. The molecule has 1 atom stereocenters. The molecule has 32 heavy (non-hydrogen) atoms. The van der Waals surface area contributed by atoms with Crippen LogP contribution in [0.5, 0.6) is 5.75 Å². The number of nitrogens with one attached hydrogen (secondary N) is 1. The Kier molecular flexibility index (Phi) is 5.96. The van der Waals surface area contributed by atoms with E-state index in [-0.39, 0.29) is 30.2 Å². The molecule has 1 saturated heterocycles. The summed E-state index contributed by atoms with van der Waals surface area (Å²) in [4.78, 5) is 28.0. The number of benzene rings is 2. The van der Waals surface area contributed by atoms with Gasteiger partial charge in [-0.15, -0.1) is 13.2 Å². The first-order chi connectivity index (χ1) is 15.2. The number of amides is 2. The maximum atomic E-state index is 13.2. The second-order valence-corrected chi connectivity index (χ2v) is 7.68. The molecule has 0 spiro atoms. The third-order valence-electron chi connectivity index (χ3n) is 5.61. The highest BCUT2D eigenvalue weighted by molar-refractivity contribution is 6.08. The average Bonchev–Trinajstić information content (AvgIpc) is 3.06. The Balaban J connectivity index is 1.51. The molecule has 2 amide bonds. The number of nitrogen functional groups attached to an aromatic ring is 1. The predicted molar refractivity (Wildman–Crippen MR) is 109 cm³/mol. The van der Waals surface area contributed by atoms with Crippen molar-refractivity contribution in [2.45, 2.75) is 37.8 Å². The zero-order valence-electron chi connectivity index (χ0n) is 17.0. The predicted octanol–water partition coefficient (Wildman–Crippen LogP) is 3.16. The third kappa shape index (κ3) is 4.50. The molecule has 2 aliphatic heterocycles. The van der Waals surface area contributed by atoms with Crippen molar-refractivity contribution in [3.8, 4) is 5.75 Å². The first-order valence-electron chi connectivity index (χ1n) is 10.2. The van der Waals surface area contributed by atoms with Gasteiger partial charge in [-0.2, -0.15) is 0 Å². The molecular formula is C22H22F3N3O4. The maximum absolute atomic E-state index is 13.2. The molecule has 1 fully saturated rings. The summed E-state index contributed by atoms with van der Waals surface area (Å²) < 4.78 is 46.2. The number of alkyl halides is 3. The van der Waals surface area contributed by atoms with Gasteiger partial charge in [0, 0.05) is 31.5 Å². The Morgan fingerprint density at radius 1 is 1.16 bits per heavy atom. The van der Waals surface area contributed by atoms with Crippen LogP contribution >= 0.6 is 0 Å². The maximum Gasteiger partial charge on any atom is 0.573 e. The quantitative estimate of drug-likeness (QED) is 0.684. The average molecular weight is 449 g/mol. The minimum absolute atomic E-state index is 0.0785. The number of hydrogen-bond acceptors (Lipinski definition) is 5. The van der Waals surface area contributed by atoms with Crippen LogP contribution in [0.1, 0.15) is 40.4 Å². The SMILES string of the molecule is Nc1cccc2c1C(=O)N(C1CCOCC1)C2C(=O)NCc1ccc(OC(F)(F)F)cc1. The number of anilines is 1. The summed E-state index contributed by atoms with van der Waals surface area (Å²) in [5.41, 5.74) is 7.84. The topological polar surface area (TPSA) is 93.9 Å². The smallest absolute Gasteiger partial charge is 0.406 e. The van der Waals surface area contributed by atoms with E-state index in [9.17, 15) is 22.8 Å². The summed E-state index contributed by atoms with van der Waals surface area (Å²) in [7, 11) is 0. The Morgan fingerprint density at radius 2 is 1.84 bits per heavy atom. The van der Waals surface area contributed by atoms with E-state index in [2.05, 4.69) is 10.1 Å². The molecule has 2 aliphatic rings. The van der Waals surface area contributed by atoms with Gasteiger partial charge in [-0.05, 0) is 42.2 Å². The summed E-state index contributed by atoms with van der Waals surface area (Å²) in [6.07, 6.45) is -3.54. The zero-order chi connectivity index (χ0) is 22.9. The van der Waals surface area contributed by atoms with E-state index < -0.39 is 12.4 Å². The number of hydrogen-bond donors (Lipinski definition) is 2. The Hall–Kier alpha value is -3.27. The first-order valence-corrected chi connectivity index (χ1v) is 10.2. The molecule has 1 unspecified atom stereocenters. The largest absolute Gasteiger partial charge is 0.573 e. The lowest BCUT2D eigenvalue weighted by atomic mass is 10.0. The first kappa shape index (κ1) is 21.9. The Morgan fingerprint density at radius 3 is 2.50 bits per heavy atom. The molecule has 4 rings (SSSR count). The van der Waals surface area contributed by atoms with Crippen LogP contribution < -0.4 is 15.8 Å². The number of halogens is 3. The molecule has 0 aliphatic carbocycles. The van der Waals surface area contributed by atoms with E-state index >= 15 is 0 Å². The summed E-state index contributed by atoms with van der Waals surface area (Å²) in [6.45, 7) is 1.08. The van der Waals surface area contributed by atoms with Gasteiger partial charge in [-0.1, -0.05) is 24.3 Å². The van der Waals surface area contributed by atoms with Gasteiger partial charge in [0.25, 0.3) is 5.91 Å². The van der Waals surface area contributed by atoms with Gasteiger partial charge in [0.1, 0.15) is 11.8 Å². The number of ether oxygens (including phenoxy) is 2. The molecule has 0 aromatic heterocycles. The number of fused-ring (bicyclic) bond motifs is 1. The van der Waals surface area contributed by atoms with Gasteiger partial charge in [-0.25, -0.2) is 0 Å². The number of carbonyl (C=O) groups excluding carboxylic acids is 2. The second-order valence-electron chi connectivity index (χ2n) is 7.68. The second kappa shape index (κ2) is 8.70. The van der Waals surface area contributed by atoms with Crippen molar-refractivity contribution in [3.63, 3.8) is 0 Å². The lowest BCUT2D eigenvalue weighted by Gasteiger charge is -2.35. The van der Waals surface area contributed by atoms with Crippen molar-refractivity contribution >= 4 is 17.5 Å². The Bertz CT molecular complexity index is 1000. The molecule has 0 saturated carbocycles. The van der Waals surface area contributed by atoms with Crippen molar-refractivity contribution in [2.24, 2.45) is 0 Å². The molecule has 2 heterocycles. The van der Waals surface area contributed by atoms with Gasteiger partial charge >= 0.3 is 6.36 Å². The van der Waals surface area contributed by atoms with E-state index in [0.717, 1.165) is 0 Å². The monoisotopic (exact) mass is 449 g/mol. The zero-order valence-corrected chi connectivity index (χ0v) is 17.0. The lowest BCUT2D eigenvalue weighted by Crippen LogP contribution is -2.46. The number of nitrogens with two attached hydrogens (primary N) is 1. The molecule has 0 bridgehead atoms. The summed E-state index contributed by atoms with van der Waals surface area (Å²) in [5.74, 6) is -1.01. The van der Waals surface area contributed by atoms with E-state index in [4.69, 9.17) is 10.5 Å². The molecule has 7 nitrogen and oxygen atoms in total. The molecule has 0 radical (unpaired) electrons. The summed E-state index contributed by atoms with van der Waals surface area (Å²) >= 11 is 0. The molecule has 10 heteroatoms. The molecule has 170 valence electrons.